The third-order valence-corrected chi connectivity index (χ3v) is 4.86. The molecule has 1 N–H and O–H groups in total. The maximum atomic E-state index is 10.3. The van der Waals surface area contributed by atoms with Crippen molar-refractivity contribution >= 4 is 0 Å². The zero-order chi connectivity index (χ0) is 13.1. The van der Waals surface area contributed by atoms with Gasteiger partial charge in [-0.25, -0.2) is 0 Å². The average molecular weight is 260 g/mol. The van der Waals surface area contributed by atoms with Gasteiger partial charge in [-0.3, -0.25) is 9.88 Å². The van der Waals surface area contributed by atoms with Crippen molar-refractivity contribution in [3.63, 3.8) is 0 Å². The fourth-order valence-electron chi connectivity index (χ4n) is 3.70. The van der Waals surface area contributed by atoms with Crippen LogP contribution in [0.3, 0.4) is 0 Å². The summed E-state index contributed by atoms with van der Waals surface area (Å²) < 4.78 is 0. The van der Waals surface area contributed by atoms with E-state index in [9.17, 15) is 5.11 Å². The van der Waals surface area contributed by atoms with Crippen LogP contribution in [0.25, 0.3) is 0 Å². The first kappa shape index (κ1) is 13.1. The highest BCUT2D eigenvalue weighted by molar-refractivity contribution is 5.08. The molecule has 0 spiro atoms. The van der Waals surface area contributed by atoms with E-state index in [0.717, 1.165) is 12.8 Å². The summed E-state index contributed by atoms with van der Waals surface area (Å²) in [5.74, 6) is 0.577. The monoisotopic (exact) mass is 260 g/mol. The first-order chi connectivity index (χ1) is 9.34. The molecule has 1 aromatic rings. The highest BCUT2D eigenvalue weighted by atomic mass is 16.3. The van der Waals surface area contributed by atoms with Gasteiger partial charge in [-0.05, 0) is 62.7 Å². The molecule has 3 heteroatoms. The smallest absolute Gasteiger partial charge is 0.0724 e. The number of aryl methyl sites for hydroxylation is 1. The summed E-state index contributed by atoms with van der Waals surface area (Å²) >= 11 is 0. The summed E-state index contributed by atoms with van der Waals surface area (Å²) in [6.07, 6.45) is 10.8. The summed E-state index contributed by atoms with van der Waals surface area (Å²) in [6.45, 7) is 2.41. The molecule has 0 amide bonds. The predicted molar refractivity (Wildman–Crippen MR) is 75.9 cm³/mol. The van der Waals surface area contributed by atoms with E-state index >= 15 is 0 Å². The number of nitrogens with zero attached hydrogens (tertiary/aromatic N) is 2. The highest BCUT2D eigenvalue weighted by Crippen LogP contribution is 2.34. The van der Waals surface area contributed by atoms with Gasteiger partial charge >= 0.3 is 0 Å². The van der Waals surface area contributed by atoms with Crippen molar-refractivity contribution in [2.45, 2.75) is 50.7 Å². The fraction of sp³-hybridized carbons (Fsp3) is 0.688. The molecule has 4 rings (SSSR count). The minimum atomic E-state index is -0.0686. The Morgan fingerprint density at radius 2 is 2.11 bits per heavy atom. The van der Waals surface area contributed by atoms with E-state index in [-0.39, 0.29) is 6.10 Å². The van der Waals surface area contributed by atoms with Crippen LogP contribution in [-0.2, 0) is 6.42 Å². The number of rotatable bonds is 5. The Labute approximate surface area is 115 Å². The molecule has 2 atom stereocenters. The Morgan fingerprint density at radius 1 is 1.26 bits per heavy atom. The van der Waals surface area contributed by atoms with E-state index in [4.69, 9.17) is 0 Å². The van der Waals surface area contributed by atoms with Crippen molar-refractivity contribution in [1.82, 2.24) is 9.88 Å². The van der Waals surface area contributed by atoms with E-state index in [0.29, 0.717) is 12.0 Å². The van der Waals surface area contributed by atoms with Crippen molar-refractivity contribution in [2.75, 3.05) is 13.1 Å². The number of piperidine rings is 3. The van der Waals surface area contributed by atoms with Crippen LogP contribution in [0, 0.1) is 5.92 Å². The van der Waals surface area contributed by atoms with E-state index in [1.165, 1.54) is 44.3 Å². The summed E-state index contributed by atoms with van der Waals surface area (Å²) in [7, 11) is 0. The topological polar surface area (TPSA) is 36.4 Å². The zero-order valence-corrected chi connectivity index (χ0v) is 11.5. The van der Waals surface area contributed by atoms with Crippen LogP contribution in [0.1, 0.15) is 37.7 Å². The number of aliphatic hydroxyl groups is 1. The van der Waals surface area contributed by atoms with E-state index in [1.54, 1.807) is 0 Å². The van der Waals surface area contributed by atoms with Crippen LogP contribution < -0.4 is 0 Å². The standard InChI is InChI=1S/C16H24N2O/c19-16-14-7-10-18(11-8-14)15(16)6-2-1-4-13-5-3-9-17-12-13/h3,5,9,12,14-16,19H,1-2,4,6-8,10-11H2. The Bertz CT molecular complexity index is 385. The van der Waals surface area contributed by atoms with Gasteiger partial charge in [0.15, 0.2) is 0 Å². The van der Waals surface area contributed by atoms with Crippen LogP contribution in [0.2, 0.25) is 0 Å². The molecule has 1 aromatic heterocycles. The summed E-state index contributed by atoms with van der Waals surface area (Å²) in [5.41, 5.74) is 1.33. The largest absolute Gasteiger partial charge is 0.391 e. The Hall–Kier alpha value is -0.930. The quantitative estimate of drug-likeness (QED) is 0.825. The molecule has 3 nitrogen and oxygen atoms in total. The number of hydrogen-bond acceptors (Lipinski definition) is 3. The highest BCUT2D eigenvalue weighted by Gasteiger charge is 2.40. The molecule has 0 aliphatic carbocycles. The molecule has 0 radical (unpaired) electrons. The van der Waals surface area contributed by atoms with Crippen molar-refractivity contribution in [1.29, 1.82) is 0 Å². The van der Waals surface area contributed by atoms with Crippen LogP contribution >= 0.6 is 0 Å². The van der Waals surface area contributed by atoms with E-state index in [2.05, 4.69) is 16.0 Å². The lowest BCUT2D eigenvalue weighted by molar-refractivity contribution is -0.0752. The Balaban J connectivity index is 1.43. The Kier molecular flexibility index (Phi) is 4.14. The molecule has 2 bridgehead atoms. The van der Waals surface area contributed by atoms with Gasteiger partial charge < -0.3 is 5.11 Å². The Morgan fingerprint density at radius 3 is 2.79 bits per heavy atom. The molecule has 104 valence electrons. The second-order valence-electron chi connectivity index (χ2n) is 6.04. The predicted octanol–water partition coefficient (Wildman–Crippen LogP) is 2.25. The number of aliphatic hydroxyl groups excluding tert-OH is 1. The number of fused-ring (bicyclic) bond motifs is 3. The maximum absolute atomic E-state index is 10.3. The van der Waals surface area contributed by atoms with Crippen molar-refractivity contribution in [3.8, 4) is 0 Å². The van der Waals surface area contributed by atoms with Gasteiger partial charge in [0.1, 0.15) is 0 Å². The molecule has 3 aliphatic rings. The third kappa shape index (κ3) is 2.98. The van der Waals surface area contributed by atoms with Crippen molar-refractivity contribution < 1.29 is 5.11 Å². The number of unbranched alkanes of at least 4 members (excludes halogenated alkanes) is 1. The summed E-state index contributed by atoms with van der Waals surface area (Å²) in [4.78, 5) is 6.66. The summed E-state index contributed by atoms with van der Waals surface area (Å²) in [5, 5.41) is 10.3. The average Bonchev–Trinajstić information content (AvgIpc) is 2.48. The number of hydrogen-bond donors (Lipinski definition) is 1. The summed E-state index contributed by atoms with van der Waals surface area (Å²) in [6, 6.07) is 4.58. The number of aromatic nitrogens is 1. The molecule has 2 unspecified atom stereocenters. The van der Waals surface area contributed by atoms with Crippen LogP contribution in [0.4, 0.5) is 0 Å². The molecule has 0 saturated carbocycles. The normalized spacial score (nSPS) is 33.5. The molecule has 19 heavy (non-hydrogen) atoms. The van der Waals surface area contributed by atoms with Gasteiger partial charge in [0.05, 0.1) is 6.10 Å². The van der Waals surface area contributed by atoms with Gasteiger partial charge in [-0.2, -0.15) is 0 Å². The van der Waals surface area contributed by atoms with Gasteiger partial charge in [0.2, 0.25) is 0 Å². The molecule has 0 aromatic carbocycles. The molecule has 3 aliphatic heterocycles. The van der Waals surface area contributed by atoms with Crippen molar-refractivity contribution in [2.24, 2.45) is 5.92 Å². The maximum Gasteiger partial charge on any atom is 0.0724 e. The van der Waals surface area contributed by atoms with Gasteiger partial charge in [0, 0.05) is 18.4 Å². The van der Waals surface area contributed by atoms with Crippen LogP contribution in [-0.4, -0.2) is 40.2 Å². The van der Waals surface area contributed by atoms with Gasteiger partial charge in [-0.1, -0.05) is 12.5 Å². The lowest BCUT2D eigenvalue weighted by atomic mass is 9.79. The molecule has 3 saturated heterocycles. The van der Waals surface area contributed by atoms with Gasteiger partial charge in [-0.15, -0.1) is 0 Å². The molecule has 3 fully saturated rings. The lowest BCUT2D eigenvalue weighted by Crippen LogP contribution is -2.57. The fourth-order valence-corrected chi connectivity index (χ4v) is 3.70. The van der Waals surface area contributed by atoms with E-state index < -0.39 is 0 Å². The van der Waals surface area contributed by atoms with E-state index in [1.807, 2.05) is 18.5 Å². The second-order valence-corrected chi connectivity index (χ2v) is 6.04. The first-order valence-electron chi connectivity index (χ1n) is 7.65. The third-order valence-electron chi connectivity index (χ3n) is 4.86. The lowest BCUT2D eigenvalue weighted by Gasteiger charge is -2.49. The van der Waals surface area contributed by atoms with Gasteiger partial charge in [0.25, 0.3) is 0 Å². The van der Waals surface area contributed by atoms with Crippen LogP contribution in [0.15, 0.2) is 24.5 Å². The molecular formula is C16H24N2O. The zero-order valence-electron chi connectivity index (χ0n) is 11.5. The van der Waals surface area contributed by atoms with Crippen LogP contribution in [0.5, 0.6) is 0 Å². The molecule has 4 heterocycles. The SMILES string of the molecule is OC1C2CCN(CC2)C1CCCCc1cccnc1. The minimum absolute atomic E-state index is 0.0686. The molecular weight excluding hydrogens is 236 g/mol. The van der Waals surface area contributed by atoms with Crippen molar-refractivity contribution in [3.05, 3.63) is 30.1 Å². The second kappa shape index (κ2) is 6.02. The minimum Gasteiger partial charge on any atom is -0.391 e. The number of pyridine rings is 1. The first-order valence-corrected chi connectivity index (χ1v) is 7.65.